The van der Waals surface area contributed by atoms with Gasteiger partial charge in [-0.15, -0.1) is 0 Å². The Balaban J connectivity index is 2.83. The maximum absolute atomic E-state index is 8.70. The van der Waals surface area contributed by atoms with Gasteiger partial charge in [0.1, 0.15) is 0 Å². The molecule has 1 rings (SSSR count). The summed E-state index contributed by atoms with van der Waals surface area (Å²) in [6.07, 6.45) is 0.702. The van der Waals surface area contributed by atoms with E-state index in [4.69, 9.17) is 10.8 Å². The molecule has 0 aliphatic heterocycles. The molecular weight excluding hydrogens is 138 g/mol. The zero-order valence-electron chi connectivity index (χ0n) is 6.46. The lowest BCUT2D eigenvalue weighted by molar-refractivity contribution is 0.299. The Kier molecular flexibility index (Phi) is 3.08. The van der Waals surface area contributed by atoms with Crippen LogP contribution in [0.3, 0.4) is 0 Å². The summed E-state index contributed by atoms with van der Waals surface area (Å²) in [4.78, 5) is 0. The van der Waals surface area contributed by atoms with Gasteiger partial charge in [-0.2, -0.15) is 0 Å². The molecule has 0 bridgehead atoms. The van der Waals surface area contributed by atoms with Crippen molar-refractivity contribution in [1.82, 2.24) is 0 Å². The highest BCUT2D eigenvalue weighted by atomic mass is 16.2. The molecule has 0 saturated carbocycles. The third-order valence-corrected chi connectivity index (χ3v) is 1.72. The number of hydrogen-bond donors (Lipinski definition) is 2. The molecule has 0 fully saturated rings. The van der Waals surface area contributed by atoms with Crippen LogP contribution in [0.15, 0.2) is 24.3 Å². The minimum absolute atomic E-state index is 0.191. The maximum atomic E-state index is 8.70. The van der Waals surface area contributed by atoms with Gasteiger partial charge >= 0.3 is 0 Å². The minimum atomic E-state index is 0.191. The molecule has 1 aromatic carbocycles. The van der Waals surface area contributed by atoms with E-state index in [0.29, 0.717) is 13.0 Å². The van der Waals surface area contributed by atoms with Gasteiger partial charge in [0, 0.05) is 13.2 Å². The van der Waals surface area contributed by atoms with Gasteiger partial charge in [-0.3, -0.25) is 0 Å². The van der Waals surface area contributed by atoms with Gasteiger partial charge in [0.05, 0.1) is 0 Å². The molecule has 2 nitrogen and oxygen atoms in total. The Morgan fingerprint density at radius 3 is 2.36 bits per heavy atom. The fourth-order valence-electron chi connectivity index (χ4n) is 1.12. The van der Waals surface area contributed by atoms with E-state index in [-0.39, 0.29) is 6.61 Å². The Hall–Kier alpha value is -0.860. The second-order valence-electron chi connectivity index (χ2n) is 2.45. The van der Waals surface area contributed by atoms with E-state index in [1.807, 2.05) is 24.3 Å². The van der Waals surface area contributed by atoms with Crippen molar-refractivity contribution in [1.29, 1.82) is 0 Å². The summed E-state index contributed by atoms with van der Waals surface area (Å²) in [6.45, 7) is 0.743. The first-order valence-corrected chi connectivity index (χ1v) is 3.76. The van der Waals surface area contributed by atoms with Crippen LogP contribution in [0.25, 0.3) is 0 Å². The van der Waals surface area contributed by atoms with E-state index >= 15 is 0 Å². The lowest BCUT2D eigenvalue weighted by Gasteiger charge is -2.04. The number of hydrogen-bond acceptors (Lipinski definition) is 2. The SMILES string of the molecule is NCc1ccccc1CCO. The van der Waals surface area contributed by atoms with Crippen LogP contribution in [-0.4, -0.2) is 11.7 Å². The van der Waals surface area contributed by atoms with E-state index in [1.165, 1.54) is 0 Å². The van der Waals surface area contributed by atoms with Gasteiger partial charge in [-0.05, 0) is 17.5 Å². The van der Waals surface area contributed by atoms with Crippen molar-refractivity contribution in [3.63, 3.8) is 0 Å². The summed E-state index contributed by atoms with van der Waals surface area (Å²) in [7, 11) is 0. The van der Waals surface area contributed by atoms with Crippen LogP contribution in [-0.2, 0) is 13.0 Å². The lowest BCUT2D eigenvalue weighted by atomic mass is 10.1. The Morgan fingerprint density at radius 1 is 1.18 bits per heavy atom. The second-order valence-corrected chi connectivity index (χ2v) is 2.45. The largest absolute Gasteiger partial charge is 0.396 e. The fourth-order valence-corrected chi connectivity index (χ4v) is 1.12. The molecule has 0 amide bonds. The summed E-state index contributed by atoms with van der Waals surface area (Å²) in [5.41, 5.74) is 7.78. The van der Waals surface area contributed by atoms with Gasteiger partial charge < -0.3 is 10.8 Å². The van der Waals surface area contributed by atoms with E-state index in [2.05, 4.69) is 0 Å². The van der Waals surface area contributed by atoms with Gasteiger partial charge in [0.25, 0.3) is 0 Å². The zero-order chi connectivity index (χ0) is 8.10. The predicted molar refractivity (Wildman–Crippen MR) is 45.1 cm³/mol. The summed E-state index contributed by atoms with van der Waals surface area (Å²) >= 11 is 0. The van der Waals surface area contributed by atoms with Gasteiger partial charge in [-0.25, -0.2) is 0 Å². The molecule has 1 aromatic rings. The first kappa shape index (κ1) is 8.24. The molecule has 0 heterocycles. The molecule has 0 unspecified atom stereocenters. The molecule has 3 N–H and O–H groups in total. The molecule has 60 valence electrons. The van der Waals surface area contributed by atoms with Crippen molar-refractivity contribution in [3.8, 4) is 0 Å². The molecule has 0 radical (unpaired) electrons. The quantitative estimate of drug-likeness (QED) is 0.667. The lowest BCUT2D eigenvalue weighted by Crippen LogP contribution is -2.02. The number of aliphatic hydroxyl groups excluding tert-OH is 1. The highest BCUT2D eigenvalue weighted by molar-refractivity contribution is 5.26. The third kappa shape index (κ3) is 2.03. The molecule has 0 aromatic heterocycles. The van der Waals surface area contributed by atoms with Crippen LogP contribution < -0.4 is 5.73 Å². The molecule has 0 aliphatic carbocycles. The summed E-state index contributed by atoms with van der Waals surface area (Å²) < 4.78 is 0. The van der Waals surface area contributed by atoms with Crippen molar-refractivity contribution < 1.29 is 5.11 Å². The third-order valence-electron chi connectivity index (χ3n) is 1.72. The van der Waals surface area contributed by atoms with Crippen molar-refractivity contribution in [2.75, 3.05) is 6.61 Å². The van der Waals surface area contributed by atoms with Crippen molar-refractivity contribution in [3.05, 3.63) is 35.4 Å². The Bertz CT molecular complexity index is 223. The fraction of sp³-hybridized carbons (Fsp3) is 0.333. The van der Waals surface area contributed by atoms with Gasteiger partial charge in [0.2, 0.25) is 0 Å². The van der Waals surface area contributed by atoms with Gasteiger partial charge in [-0.1, -0.05) is 24.3 Å². The maximum Gasteiger partial charge on any atom is 0.0471 e. The molecule has 0 aliphatic rings. The van der Waals surface area contributed by atoms with Crippen LogP contribution in [0.5, 0.6) is 0 Å². The number of nitrogens with two attached hydrogens (primary N) is 1. The first-order valence-electron chi connectivity index (χ1n) is 3.76. The highest BCUT2D eigenvalue weighted by Crippen LogP contribution is 2.07. The van der Waals surface area contributed by atoms with Crippen molar-refractivity contribution >= 4 is 0 Å². The molecular formula is C9H13NO. The molecule has 0 spiro atoms. The van der Waals surface area contributed by atoms with Crippen LogP contribution >= 0.6 is 0 Å². The van der Waals surface area contributed by atoms with Crippen molar-refractivity contribution in [2.45, 2.75) is 13.0 Å². The molecule has 11 heavy (non-hydrogen) atoms. The van der Waals surface area contributed by atoms with E-state index < -0.39 is 0 Å². The minimum Gasteiger partial charge on any atom is -0.396 e. The normalized spacial score (nSPS) is 10.0. The average Bonchev–Trinajstić information content (AvgIpc) is 2.06. The summed E-state index contributed by atoms with van der Waals surface area (Å²) in [6, 6.07) is 7.91. The predicted octanol–water partition coefficient (Wildman–Crippen LogP) is 0.680. The zero-order valence-corrected chi connectivity index (χ0v) is 6.46. The number of benzene rings is 1. The van der Waals surface area contributed by atoms with Crippen LogP contribution in [0.2, 0.25) is 0 Å². The summed E-state index contributed by atoms with van der Waals surface area (Å²) in [5.74, 6) is 0. The smallest absolute Gasteiger partial charge is 0.0471 e. The average molecular weight is 151 g/mol. The van der Waals surface area contributed by atoms with Crippen LogP contribution in [0.4, 0.5) is 0 Å². The van der Waals surface area contributed by atoms with Crippen molar-refractivity contribution in [2.24, 2.45) is 5.73 Å². The summed E-state index contributed by atoms with van der Waals surface area (Å²) in [5, 5.41) is 8.70. The van der Waals surface area contributed by atoms with Crippen LogP contribution in [0, 0.1) is 0 Å². The molecule has 2 heteroatoms. The first-order chi connectivity index (χ1) is 5.38. The Labute approximate surface area is 66.7 Å². The molecule has 0 saturated heterocycles. The van der Waals surface area contributed by atoms with E-state index in [0.717, 1.165) is 11.1 Å². The van der Waals surface area contributed by atoms with E-state index in [9.17, 15) is 0 Å². The Morgan fingerprint density at radius 2 is 1.82 bits per heavy atom. The number of aliphatic hydroxyl groups is 1. The highest BCUT2D eigenvalue weighted by Gasteiger charge is 1.96. The number of rotatable bonds is 3. The van der Waals surface area contributed by atoms with Gasteiger partial charge in [0.15, 0.2) is 0 Å². The van der Waals surface area contributed by atoms with E-state index in [1.54, 1.807) is 0 Å². The standard InChI is InChI=1S/C9H13NO/c10-7-9-4-2-1-3-8(9)5-6-11/h1-4,11H,5-7,10H2. The topological polar surface area (TPSA) is 46.2 Å². The second kappa shape index (κ2) is 4.11. The van der Waals surface area contributed by atoms with Crippen LogP contribution in [0.1, 0.15) is 11.1 Å². The molecule has 0 atom stereocenters. The monoisotopic (exact) mass is 151 g/mol.